The van der Waals surface area contributed by atoms with E-state index in [-0.39, 0.29) is 27.6 Å². The SMILES string of the molecule is Cc1cc(-c2ccc(C(=O)NS(=O)(=O)c3cccnc3N)c(N3CCC(C)C3(C)C)n2)cc(C)c1O. The maximum atomic E-state index is 13.4. The van der Waals surface area contributed by atoms with Crippen molar-refractivity contribution in [2.45, 2.75) is 51.5 Å². The van der Waals surface area contributed by atoms with Gasteiger partial charge in [-0.15, -0.1) is 0 Å². The molecule has 0 saturated carbocycles. The van der Waals surface area contributed by atoms with Crippen molar-refractivity contribution in [1.82, 2.24) is 14.7 Å². The van der Waals surface area contributed by atoms with Crippen LogP contribution < -0.4 is 15.4 Å². The Morgan fingerprint density at radius 3 is 2.44 bits per heavy atom. The molecule has 1 atom stereocenters. The fourth-order valence-electron chi connectivity index (χ4n) is 4.57. The molecule has 0 radical (unpaired) electrons. The van der Waals surface area contributed by atoms with Crippen LogP contribution in [0.15, 0.2) is 47.5 Å². The van der Waals surface area contributed by atoms with E-state index in [1.54, 1.807) is 12.1 Å². The molecule has 1 fully saturated rings. The van der Waals surface area contributed by atoms with E-state index in [4.69, 9.17) is 10.7 Å². The number of carbonyl (C=O) groups excluding carboxylic acids is 1. The van der Waals surface area contributed by atoms with Gasteiger partial charge in [-0.1, -0.05) is 6.92 Å². The molecule has 9 nitrogen and oxygen atoms in total. The molecule has 1 aromatic carbocycles. The Morgan fingerprint density at radius 1 is 1.19 bits per heavy atom. The summed E-state index contributed by atoms with van der Waals surface area (Å²) < 4.78 is 28.0. The van der Waals surface area contributed by atoms with Crippen LogP contribution in [-0.4, -0.2) is 41.5 Å². The van der Waals surface area contributed by atoms with Crippen molar-refractivity contribution in [1.29, 1.82) is 0 Å². The van der Waals surface area contributed by atoms with Crippen LogP contribution in [0, 0.1) is 19.8 Å². The summed E-state index contributed by atoms with van der Waals surface area (Å²) >= 11 is 0. The number of benzene rings is 1. The Labute approximate surface area is 211 Å². The summed E-state index contributed by atoms with van der Waals surface area (Å²) in [5.74, 6) is -0.0443. The number of hydrogen-bond acceptors (Lipinski definition) is 8. The lowest BCUT2D eigenvalue weighted by atomic mass is 9.90. The number of rotatable bonds is 5. The van der Waals surface area contributed by atoms with Crippen LogP contribution in [0.25, 0.3) is 11.3 Å². The molecule has 0 spiro atoms. The largest absolute Gasteiger partial charge is 0.507 e. The Hall–Kier alpha value is -3.66. The minimum Gasteiger partial charge on any atom is -0.507 e. The fraction of sp³-hybridized carbons (Fsp3) is 0.346. The highest BCUT2D eigenvalue weighted by Gasteiger charge is 2.41. The van der Waals surface area contributed by atoms with E-state index in [1.165, 1.54) is 18.3 Å². The molecule has 1 saturated heterocycles. The van der Waals surface area contributed by atoms with Crippen molar-refractivity contribution in [3.05, 3.63) is 59.3 Å². The van der Waals surface area contributed by atoms with Gasteiger partial charge < -0.3 is 15.7 Å². The number of aryl methyl sites for hydroxylation is 2. The van der Waals surface area contributed by atoms with E-state index in [0.29, 0.717) is 35.1 Å². The number of anilines is 2. The van der Waals surface area contributed by atoms with Crippen LogP contribution >= 0.6 is 0 Å². The molecule has 36 heavy (non-hydrogen) atoms. The monoisotopic (exact) mass is 509 g/mol. The van der Waals surface area contributed by atoms with E-state index in [0.717, 1.165) is 12.0 Å². The predicted octanol–water partition coefficient (Wildman–Crippen LogP) is 3.79. The van der Waals surface area contributed by atoms with Gasteiger partial charge in [0.1, 0.15) is 22.3 Å². The maximum Gasteiger partial charge on any atom is 0.268 e. The van der Waals surface area contributed by atoms with E-state index >= 15 is 0 Å². The topological polar surface area (TPSA) is 139 Å². The summed E-state index contributed by atoms with van der Waals surface area (Å²) in [6.07, 6.45) is 2.28. The van der Waals surface area contributed by atoms with Crippen LogP contribution in [0.1, 0.15) is 48.7 Å². The molecule has 10 heteroatoms. The molecule has 4 rings (SSSR count). The van der Waals surface area contributed by atoms with Gasteiger partial charge in [0.25, 0.3) is 15.9 Å². The molecule has 3 heterocycles. The summed E-state index contributed by atoms with van der Waals surface area (Å²) in [6.45, 7) is 10.6. The van der Waals surface area contributed by atoms with Crippen molar-refractivity contribution in [3.8, 4) is 17.0 Å². The number of nitrogens with zero attached hydrogens (tertiary/aromatic N) is 3. The smallest absolute Gasteiger partial charge is 0.268 e. The normalized spacial score (nSPS) is 17.2. The number of pyridine rings is 2. The lowest BCUT2D eigenvalue weighted by molar-refractivity contribution is 0.0981. The molecule has 2 aromatic heterocycles. The molecule has 0 bridgehead atoms. The Morgan fingerprint density at radius 2 is 1.86 bits per heavy atom. The second-order valence-corrected chi connectivity index (χ2v) is 11.5. The van der Waals surface area contributed by atoms with Crippen LogP contribution in [-0.2, 0) is 10.0 Å². The molecule has 1 aliphatic heterocycles. The molecule has 1 amide bonds. The van der Waals surface area contributed by atoms with E-state index in [9.17, 15) is 18.3 Å². The lowest BCUT2D eigenvalue weighted by Crippen LogP contribution is -2.43. The summed E-state index contributed by atoms with van der Waals surface area (Å²) in [6, 6.07) is 9.67. The minimum absolute atomic E-state index is 0.138. The highest BCUT2D eigenvalue weighted by Crippen LogP contribution is 2.40. The third-order valence-corrected chi connectivity index (χ3v) is 8.54. The van der Waals surface area contributed by atoms with Crippen molar-refractivity contribution in [3.63, 3.8) is 0 Å². The van der Waals surface area contributed by atoms with Gasteiger partial charge >= 0.3 is 0 Å². The number of amides is 1. The number of hydrogen-bond donors (Lipinski definition) is 3. The number of aromatic nitrogens is 2. The molecular formula is C26H31N5O4S. The summed E-state index contributed by atoms with van der Waals surface area (Å²) in [4.78, 5) is 23.8. The van der Waals surface area contributed by atoms with Crippen LogP contribution in [0.4, 0.5) is 11.6 Å². The third kappa shape index (κ3) is 4.48. The second-order valence-electron chi connectivity index (χ2n) is 9.84. The average molecular weight is 510 g/mol. The van der Waals surface area contributed by atoms with Gasteiger partial charge in [0.2, 0.25) is 0 Å². The van der Waals surface area contributed by atoms with Crippen molar-refractivity contribution < 1.29 is 18.3 Å². The molecule has 190 valence electrons. The molecule has 1 unspecified atom stereocenters. The zero-order chi connectivity index (χ0) is 26.4. The van der Waals surface area contributed by atoms with Crippen LogP contribution in [0.2, 0.25) is 0 Å². The van der Waals surface area contributed by atoms with Gasteiger partial charge in [0.05, 0.1) is 11.3 Å². The molecule has 3 aromatic rings. The second kappa shape index (κ2) is 9.09. The number of nitrogens with one attached hydrogen (secondary N) is 1. The van der Waals surface area contributed by atoms with E-state index < -0.39 is 15.9 Å². The van der Waals surface area contributed by atoms with Gasteiger partial charge in [-0.25, -0.2) is 23.1 Å². The number of nitrogens with two attached hydrogens (primary N) is 1. The highest BCUT2D eigenvalue weighted by atomic mass is 32.2. The van der Waals surface area contributed by atoms with Crippen molar-refractivity contribution in [2.75, 3.05) is 17.2 Å². The minimum atomic E-state index is -4.26. The number of sulfonamides is 1. The van der Waals surface area contributed by atoms with Gasteiger partial charge in [-0.3, -0.25) is 4.79 Å². The lowest BCUT2D eigenvalue weighted by Gasteiger charge is -2.36. The van der Waals surface area contributed by atoms with E-state index in [1.807, 2.05) is 26.0 Å². The summed E-state index contributed by atoms with van der Waals surface area (Å²) in [5.41, 5.74) is 8.40. The first-order chi connectivity index (χ1) is 16.8. The molecular weight excluding hydrogens is 478 g/mol. The number of phenols is 1. The fourth-order valence-corrected chi connectivity index (χ4v) is 5.62. The zero-order valence-electron chi connectivity index (χ0n) is 21.0. The summed E-state index contributed by atoms with van der Waals surface area (Å²) in [7, 11) is -4.26. The quantitative estimate of drug-likeness (QED) is 0.472. The first-order valence-electron chi connectivity index (χ1n) is 11.7. The van der Waals surface area contributed by atoms with Gasteiger partial charge in [0.15, 0.2) is 0 Å². The Balaban J connectivity index is 1.81. The van der Waals surface area contributed by atoms with Gasteiger partial charge in [0, 0.05) is 23.8 Å². The Kier molecular flexibility index (Phi) is 6.42. The van der Waals surface area contributed by atoms with E-state index in [2.05, 4.69) is 35.4 Å². The maximum absolute atomic E-state index is 13.4. The number of aromatic hydroxyl groups is 1. The highest BCUT2D eigenvalue weighted by molar-refractivity contribution is 7.90. The first kappa shape index (κ1) is 25.4. The standard InChI is InChI=1S/C26H31N5O4S/c1-15-13-18(14-16(2)22(15)32)20-9-8-19(24(29-20)31-12-10-17(3)26(31,4)5)25(33)30-36(34,35)21-7-6-11-28-23(21)27/h6-9,11,13-14,17,32H,10,12H2,1-5H3,(H2,27,28)(H,30,33). The van der Waals surface area contributed by atoms with Crippen molar-refractivity contribution in [2.24, 2.45) is 5.92 Å². The number of carbonyl (C=O) groups is 1. The molecule has 0 aliphatic carbocycles. The van der Waals surface area contributed by atoms with Gasteiger partial charge in [-0.05, 0) is 87.6 Å². The van der Waals surface area contributed by atoms with Crippen LogP contribution in [0.3, 0.4) is 0 Å². The average Bonchev–Trinajstić information content (AvgIpc) is 3.08. The molecule has 4 N–H and O–H groups in total. The Bertz CT molecular complexity index is 1430. The third-order valence-electron chi connectivity index (χ3n) is 7.17. The predicted molar refractivity (Wildman–Crippen MR) is 139 cm³/mol. The zero-order valence-corrected chi connectivity index (χ0v) is 21.8. The van der Waals surface area contributed by atoms with Crippen molar-refractivity contribution >= 4 is 27.6 Å². The van der Waals surface area contributed by atoms with Gasteiger partial charge in [-0.2, -0.15) is 0 Å². The number of phenolic OH excluding ortho intramolecular Hbond substituents is 1. The molecule has 1 aliphatic rings. The van der Waals surface area contributed by atoms with Crippen LogP contribution in [0.5, 0.6) is 5.75 Å². The first-order valence-corrected chi connectivity index (χ1v) is 13.2. The number of nitrogen functional groups attached to an aromatic ring is 1. The summed E-state index contributed by atoms with van der Waals surface area (Å²) in [5, 5.41) is 10.2.